The van der Waals surface area contributed by atoms with Crippen LogP contribution in [0.4, 0.5) is 0 Å². The van der Waals surface area contributed by atoms with Crippen LogP contribution < -0.4 is 11.1 Å². The Labute approximate surface area is 150 Å². The van der Waals surface area contributed by atoms with Crippen molar-refractivity contribution in [2.24, 2.45) is 16.6 Å². The van der Waals surface area contributed by atoms with Crippen LogP contribution in [-0.2, 0) is 0 Å². The molecule has 1 saturated carbocycles. The monoisotopic (exact) mass is 333 g/mol. The zero-order valence-electron chi connectivity index (χ0n) is 14.6. The fourth-order valence-electron chi connectivity index (χ4n) is 4.24. The van der Waals surface area contributed by atoms with Crippen LogP contribution in [-0.4, -0.2) is 11.9 Å². The number of hydrogen-bond acceptors (Lipinski definition) is 3. The summed E-state index contributed by atoms with van der Waals surface area (Å²) in [7, 11) is 0. The Kier molecular flexibility index (Phi) is 4.84. The summed E-state index contributed by atoms with van der Waals surface area (Å²) in [5.41, 5.74) is 9.16. The minimum absolute atomic E-state index is 0.0280. The first-order valence-corrected chi connectivity index (χ1v) is 9.52. The summed E-state index contributed by atoms with van der Waals surface area (Å²) in [4.78, 5) is 5.07. The summed E-state index contributed by atoms with van der Waals surface area (Å²) in [6.45, 7) is 0. The van der Waals surface area contributed by atoms with E-state index in [1.165, 1.54) is 43.2 Å². The number of rotatable bonds is 4. The van der Waals surface area contributed by atoms with Gasteiger partial charge in [0.05, 0.1) is 12.1 Å². The van der Waals surface area contributed by atoms with Gasteiger partial charge in [-0.25, -0.2) is 0 Å². The summed E-state index contributed by atoms with van der Waals surface area (Å²) >= 11 is 0. The van der Waals surface area contributed by atoms with Gasteiger partial charge in [0, 0.05) is 0 Å². The predicted octanol–water partition coefficient (Wildman–Crippen LogP) is 4.38. The molecule has 0 radical (unpaired) electrons. The van der Waals surface area contributed by atoms with Crippen LogP contribution in [0.25, 0.3) is 0 Å². The maximum atomic E-state index is 6.64. The van der Waals surface area contributed by atoms with E-state index in [1.54, 1.807) is 0 Å². The Morgan fingerprint density at radius 2 is 1.44 bits per heavy atom. The van der Waals surface area contributed by atoms with Gasteiger partial charge < -0.3 is 11.1 Å². The summed E-state index contributed by atoms with van der Waals surface area (Å²) in [6.07, 6.45) is 6.41. The van der Waals surface area contributed by atoms with Crippen LogP contribution in [0.1, 0.15) is 55.3 Å². The van der Waals surface area contributed by atoms with E-state index in [-0.39, 0.29) is 18.1 Å². The number of amidine groups is 1. The Morgan fingerprint density at radius 3 is 2.08 bits per heavy atom. The summed E-state index contributed by atoms with van der Waals surface area (Å²) < 4.78 is 0. The van der Waals surface area contributed by atoms with Crippen LogP contribution in [0.5, 0.6) is 0 Å². The van der Waals surface area contributed by atoms with Crippen LogP contribution >= 0.6 is 0 Å². The van der Waals surface area contributed by atoms with Gasteiger partial charge >= 0.3 is 0 Å². The molecule has 25 heavy (non-hydrogen) atoms. The lowest BCUT2D eigenvalue weighted by Crippen LogP contribution is -2.44. The average molecular weight is 333 g/mol. The zero-order valence-corrected chi connectivity index (χ0v) is 14.6. The van der Waals surface area contributed by atoms with Gasteiger partial charge in [-0.15, -0.1) is 0 Å². The first-order valence-electron chi connectivity index (χ1n) is 9.52. The molecule has 1 aliphatic carbocycles. The quantitative estimate of drug-likeness (QED) is 0.872. The first-order chi connectivity index (χ1) is 12.3. The van der Waals surface area contributed by atoms with E-state index in [1.807, 2.05) is 0 Å². The molecule has 1 aliphatic heterocycles. The third-order valence-electron chi connectivity index (χ3n) is 5.67. The van der Waals surface area contributed by atoms with E-state index in [9.17, 15) is 0 Å². The fraction of sp³-hybridized carbons (Fsp3) is 0.409. The lowest BCUT2D eigenvalue weighted by molar-refractivity contribution is 0.339. The molecule has 3 nitrogen and oxygen atoms in total. The van der Waals surface area contributed by atoms with E-state index in [4.69, 9.17) is 10.7 Å². The SMILES string of the molecule is NC(C1=N[C@H](c2ccccc2)[C@H](c2ccccc2)N1)C1CCCCC1. The van der Waals surface area contributed by atoms with Gasteiger partial charge in [0.25, 0.3) is 0 Å². The number of benzene rings is 2. The highest BCUT2D eigenvalue weighted by atomic mass is 15.2. The highest BCUT2D eigenvalue weighted by Gasteiger charge is 2.35. The number of nitrogens with one attached hydrogen (secondary N) is 1. The summed E-state index contributed by atoms with van der Waals surface area (Å²) in [5, 5.41) is 3.68. The van der Waals surface area contributed by atoms with Gasteiger partial charge in [0.15, 0.2) is 0 Å². The highest BCUT2D eigenvalue weighted by Crippen LogP contribution is 2.37. The highest BCUT2D eigenvalue weighted by molar-refractivity contribution is 5.90. The lowest BCUT2D eigenvalue weighted by atomic mass is 9.84. The minimum Gasteiger partial charge on any atom is -0.363 e. The second-order valence-electron chi connectivity index (χ2n) is 7.33. The second-order valence-corrected chi connectivity index (χ2v) is 7.33. The lowest BCUT2D eigenvalue weighted by Gasteiger charge is -2.28. The van der Waals surface area contributed by atoms with Crippen molar-refractivity contribution in [1.82, 2.24) is 5.32 Å². The molecule has 0 bridgehead atoms. The Bertz CT molecular complexity index is 705. The van der Waals surface area contributed by atoms with E-state index in [2.05, 4.69) is 66.0 Å². The van der Waals surface area contributed by atoms with Gasteiger partial charge in [0.2, 0.25) is 0 Å². The van der Waals surface area contributed by atoms with Crippen molar-refractivity contribution in [3.8, 4) is 0 Å². The molecule has 1 fully saturated rings. The van der Waals surface area contributed by atoms with Crippen LogP contribution in [0, 0.1) is 5.92 Å². The smallest absolute Gasteiger partial charge is 0.115 e. The molecule has 3 heteroatoms. The molecular weight excluding hydrogens is 306 g/mol. The third kappa shape index (κ3) is 3.47. The maximum Gasteiger partial charge on any atom is 0.115 e. The molecule has 2 aromatic rings. The fourth-order valence-corrected chi connectivity index (χ4v) is 4.24. The molecule has 2 aliphatic rings. The molecule has 3 atom stereocenters. The summed E-state index contributed by atoms with van der Waals surface area (Å²) in [6, 6.07) is 21.5. The molecule has 0 spiro atoms. The van der Waals surface area contributed by atoms with Gasteiger partial charge in [-0.05, 0) is 29.9 Å². The van der Waals surface area contributed by atoms with E-state index in [0.29, 0.717) is 5.92 Å². The van der Waals surface area contributed by atoms with Crippen molar-refractivity contribution in [3.05, 3.63) is 71.8 Å². The minimum atomic E-state index is 0.0280. The van der Waals surface area contributed by atoms with Crippen molar-refractivity contribution in [2.75, 3.05) is 0 Å². The number of nitrogens with zero attached hydrogens (tertiary/aromatic N) is 1. The molecule has 1 unspecified atom stereocenters. The van der Waals surface area contributed by atoms with Crippen molar-refractivity contribution in [2.45, 2.75) is 50.2 Å². The van der Waals surface area contributed by atoms with Crippen molar-refractivity contribution in [3.63, 3.8) is 0 Å². The molecule has 1 heterocycles. The standard InChI is InChI=1S/C22H27N3/c23-19(16-10-4-1-5-11-16)22-24-20(17-12-6-2-7-13-17)21(25-22)18-14-8-3-9-15-18/h2-3,6-9,12-16,19-21H,1,4-5,10-11,23H2,(H,24,25)/t19?,20-,21+. The number of aliphatic imine (C=N–C) groups is 1. The van der Waals surface area contributed by atoms with Crippen LogP contribution in [0.3, 0.4) is 0 Å². The number of hydrogen-bond donors (Lipinski definition) is 2. The average Bonchev–Trinajstić information content (AvgIpc) is 3.15. The Morgan fingerprint density at radius 1 is 0.840 bits per heavy atom. The summed E-state index contributed by atoms with van der Waals surface area (Å²) in [5.74, 6) is 1.56. The first kappa shape index (κ1) is 16.3. The number of nitrogens with two attached hydrogens (primary N) is 1. The Balaban J connectivity index is 1.62. The largest absolute Gasteiger partial charge is 0.363 e. The molecule has 0 amide bonds. The van der Waals surface area contributed by atoms with E-state index in [0.717, 1.165) is 5.84 Å². The molecule has 0 aromatic heterocycles. The molecular formula is C22H27N3. The second kappa shape index (κ2) is 7.40. The molecule has 130 valence electrons. The van der Waals surface area contributed by atoms with Gasteiger partial charge in [0.1, 0.15) is 11.9 Å². The van der Waals surface area contributed by atoms with Crippen molar-refractivity contribution >= 4 is 5.84 Å². The zero-order chi connectivity index (χ0) is 17.1. The third-order valence-corrected chi connectivity index (χ3v) is 5.67. The predicted molar refractivity (Wildman–Crippen MR) is 103 cm³/mol. The molecule has 3 N–H and O–H groups in total. The topological polar surface area (TPSA) is 50.4 Å². The van der Waals surface area contributed by atoms with Gasteiger partial charge in [-0.3, -0.25) is 4.99 Å². The van der Waals surface area contributed by atoms with Crippen molar-refractivity contribution in [1.29, 1.82) is 0 Å². The van der Waals surface area contributed by atoms with Crippen LogP contribution in [0.2, 0.25) is 0 Å². The van der Waals surface area contributed by atoms with E-state index < -0.39 is 0 Å². The molecule has 4 rings (SSSR count). The maximum absolute atomic E-state index is 6.64. The van der Waals surface area contributed by atoms with Crippen LogP contribution in [0.15, 0.2) is 65.7 Å². The normalized spacial score (nSPS) is 25.2. The molecule has 2 aromatic carbocycles. The van der Waals surface area contributed by atoms with Gasteiger partial charge in [-0.1, -0.05) is 79.9 Å². The molecule has 0 saturated heterocycles. The Hall–Kier alpha value is -2.13. The van der Waals surface area contributed by atoms with E-state index >= 15 is 0 Å². The van der Waals surface area contributed by atoms with Gasteiger partial charge in [-0.2, -0.15) is 0 Å². The van der Waals surface area contributed by atoms with Crippen molar-refractivity contribution < 1.29 is 0 Å².